The third kappa shape index (κ3) is 2.63. The number of aromatic nitrogens is 3. The molecular weight excluding hydrogens is 322 g/mol. The van der Waals surface area contributed by atoms with Crippen LogP contribution >= 0.6 is 27.3 Å². The molecule has 0 aromatic carbocycles. The van der Waals surface area contributed by atoms with Crippen molar-refractivity contribution in [2.45, 2.75) is 45.4 Å². The average molecular weight is 342 g/mol. The molecule has 0 N–H and O–H groups in total. The van der Waals surface area contributed by atoms with Crippen LogP contribution in [0.1, 0.15) is 51.1 Å². The van der Waals surface area contributed by atoms with Crippen LogP contribution in [-0.4, -0.2) is 14.8 Å². The summed E-state index contributed by atoms with van der Waals surface area (Å²) >= 11 is 5.28. The molecule has 0 saturated carbocycles. The number of halogens is 1. The average Bonchev–Trinajstić information content (AvgIpc) is 2.83. The lowest BCUT2D eigenvalue weighted by Crippen LogP contribution is -2.25. The molecule has 3 nitrogen and oxygen atoms in total. The van der Waals surface area contributed by atoms with Gasteiger partial charge in [0.15, 0.2) is 0 Å². The molecule has 2 aromatic heterocycles. The molecule has 2 rings (SSSR count). The van der Waals surface area contributed by atoms with Gasteiger partial charge in [-0.25, -0.2) is 0 Å². The molecule has 0 unspecified atom stereocenters. The second-order valence-corrected chi connectivity index (χ2v) is 8.85. The van der Waals surface area contributed by atoms with Gasteiger partial charge in [-0.3, -0.25) is 0 Å². The fourth-order valence-electron chi connectivity index (χ4n) is 2.29. The minimum Gasteiger partial charge on any atom is -0.317 e. The number of hydrogen-bond acceptors (Lipinski definition) is 3. The molecule has 0 saturated heterocycles. The van der Waals surface area contributed by atoms with Crippen LogP contribution < -0.4 is 0 Å². The van der Waals surface area contributed by atoms with Crippen LogP contribution in [0.2, 0.25) is 0 Å². The second-order valence-electron chi connectivity index (χ2n) is 6.38. The molecule has 2 aromatic rings. The molecular formula is C14H20BrN3S. The molecule has 104 valence electrons. The molecule has 0 aliphatic heterocycles. The van der Waals surface area contributed by atoms with Crippen LogP contribution in [0.25, 0.3) is 0 Å². The first-order valence-electron chi connectivity index (χ1n) is 6.30. The summed E-state index contributed by atoms with van der Waals surface area (Å²) in [6.45, 7) is 10.9. The number of rotatable bonds is 2. The predicted molar refractivity (Wildman–Crippen MR) is 83.9 cm³/mol. The highest BCUT2D eigenvalue weighted by Gasteiger charge is 2.33. The molecule has 19 heavy (non-hydrogen) atoms. The summed E-state index contributed by atoms with van der Waals surface area (Å²) in [5.74, 6) is 2.03. The summed E-state index contributed by atoms with van der Waals surface area (Å²) in [5, 5.41) is 8.84. The number of nitrogens with zero attached hydrogens (tertiary/aromatic N) is 3. The maximum atomic E-state index is 4.44. The van der Waals surface area contributed by atoms with Crippen LogP contribution in [0.4, 0.5) is 0 Å². The minimum absolute atomic E-state index is 0.00606. The lowest BCUT2D eigenvalue weighted by Gasteiger charge is -2.24. The van der Waals surface area contributed by atoms with Crippen LogP contribution in [-0.2, 0) is 17.9 Å². The lowest BCUT2D eigenvalue weighted by atomic mass is 9.90. The van der Waals surface area contributed by atoms with Crippen molar-refractivity contribution in [1.82, 2.24) is 14.8 Å². The van der Waals surface area contributed by atoms with Gasteiger partial charge in [-0.05, 0) is 41.9 Å². The molecule has 0 spiro atoms. The zero-order valence-corrected chi connectivity index (χ0v) is 14.7. The zero-order chi connectivity index (χ0) is 14.4. The molecule has 0 atom stereocenters. The molecule has 0 bridgehead atoms. The van der Waals surface area contributed by atoms with Crippen molar-refractivity contribution < 1.29 is 0 Å². The van der Waals surface area contributed by atoms with E-state index in [2.05, 4.69) is 84.5 Å². The fourth-order valence-corrected chi connectivity index (χ4v) is 3.77. The lowest BCUT2D eigenvalue weighted by molar-refractivity contribution is 0.502. The second kappa shape index (κ2) is 4.70. The van der Waals surface area contributed by atoms with Gasteiger partial charge in [-0.15, -0.1) is 21.5 Å². The summed E-state index contributed by atoms with van der Waals surface area (Å²) in [7, 11) is 2.06. The molecule has 0 radical (unpaired) electrons. The van der Waals surface area contributed by atoms with E-state index in [1.807, 2.05) is 0 Å². The van der Waals surface area contributed by atoms with Gasteiger partial charge in [0, 0.05) is 17.3 Å². The van der Waals surface area contributed by atoms with Crippen LogP contribution in [0, 0.1) is 0 Å². The van der Waals surface area contributed by atoms with Gasteiger partial charge in [0.2, 0.25) is 0 Å². The van der Waals surface area contributed by atoms with Crippen molar-refractivity contribution in [1.29, 1.82) is 0 Å². The first kappa shape index (κ1) is 14.7. The Morgan fingerprint density at radius 3 is 2.05 bits per heavy atom. The molecule has 0 fully saturated rings. The Bertz CT molecular complexity index is 590. The Labute approximate surface area is 127 Å². The number of thiophene rings is 1. The van der Waals surface area contributed by atoms with Crippen LogP contribution in [0.15, 0.2) is 15.9 Å². The van der Waals surface area contributed by atoms with Gasteiger partial charge in [0.25, 0.3) is 0 Å². The quantitative estimate of drug-likeness (QED) is 0.816. The minimum atomic E-state index is -0.137. The highest BCUT2D eigenvalue weighted by Crippen LogP contribution is 2.37. The van der Waals surface area contributed by atoms with Gasteiger partial charge in [0.1, 0.15) is 11.6 Å². The SMILES string of the molecule is Cn1c(C(C)(C)C)nnc1C(C)(C)c1ccc(Br)s1. The van der Waals surface area contributed by atoms with E-state index in [1.54, 1.807) is 11.3 Å². The van der Waals surface area contributed by atoms with Gasteiger partial charge in [-0.2, -0.15) is 0 Å². The predicted octanol–water partition coefficient (Wildman–Crippen LogP) is 4.26. The van der Waals surface area contributed by atoms with E-state index in [0.29, 0.717) is 0 Å². The largest absolute Gasteiger partial charge is 0.317 e. The van der Waals surface area contributed by atoms with Crippen molar-refractivity contribution in [3.05, 3.63) is 32.4 Å². The number of hydrogen-bond donors (Lipinski definition) is 0. The molecule has 2 heterocycles. The Morgan fingerprint density at radius 2 is 1.63 bits per heavy atom. The van der Waals surface area contributed by atoms with Gasteiger partial charge < -0.3 is 4.57 Å². The van der Waals surface area contributed by atoms with E-state index < -0.39 is 0 Å². The summed E-state index contributed by atoms with van der Waals surface area (Å²) in [5.41, 5.74) is -0.131. The van der Waals surface area contributed by atoms with Crippen molar-refractivity contribution in [3.8, 4) is 0 Å². The zero-order valence-electron chi connectivity index (χ0n) is 12.3. The fraction of sp³-hybridized carbons (Fsp3) is 0.571. The van der Waals surface area contributed by atoms with Gasteiger partial charge >= 0.3 is 0 Å². The van der Waals surface area contributed by atoms with Crippen LogP contribution in [0.3, 0.4) is 0 Å². The first-order valence-corrected chi connectivity index (χ1v) is 7.91. The van der Waals surface area contributed by atoms with Crippen LogP contribution in [0.5, 0.6) is 0 Å². The van der Waals surface area contributed by atoms with E-state index in [1.165, 1.54) is 4.88 Å². The standard InChI is InChI=1S/C14H20BrN3S/c1-13(2,3)11-16-17-12(18(11)6)14(4,5)9-7-8-10(15)19-9/h7-8H,1-6H3. The summed E-state index contributed by atoms with van der Waals surface area (Å²) in [6.07, 6.45) is 0. The summed E-state index contributed by atoms with van der Waals surface area (Å²) in [4.78, 5) is 1.29. The summed E-state index contributed by atoms with van der Waals surface area (Å²) < 4.78 is 3.28. The topological polar surface area (TPSA) is 30.7 Å². The van der Waals surface area contributed by atoms with Crippen molar-refractivity contribution in [2.24, 2.45) is 7.05 Å². The van der Waals surface area contributed by atoms with E-state index in [0.717, 1.165) is 15.4 Å². The monoisotopic (exact) mass is 341 g/mol. The highest BCUT2D eigenvalue weighted by atomic mass is 79.9. The van der Waals surface area contributed by atoms with Gasteiger partial charge in [-0.1, -0.05) is 20.8 Å². The molecule has 0 aliphatic carbocycles. The van der Waals surface area contributed by atoms with E-state index >= 15 is 0 Å². The normalized spacial score (nSPS) is 13.0. The van der Waals surface area contributed by atoms with Crippen molar-refractivity contribution >= 4 is 27.3 Å². The van der Waals surface area contributed by atoms with Gasteiger partial charge in [0.05, 0.1) is 9.20 Å². The van der Waals surface area contributed by atoms with E-state index in [-0.39, 0.29) is 10.8 Å². The van der Waals surface area contributed by atoms with Crippen molar-refractivity contribution in [3.63, 3.8) is 0 Å². The highest BCUT2D eigenvalue weighted by molar-refractivity contribution is 9.11. The van der Waals surface area contributed by atoms with E-state index in [9.17, 15) is 0 Å². The Hall–Kier alpha value is -0.680. The smallest absolute Gasteiger partial charge is 0.143 e. The third-order valence-electron chi connectivity index (χ3n) is 3.29. The molecule has 0 amide bonds. The maximum absolute atomic E-state index is 4.44. The molecule has 5 heteroatoms. The Balaban J connectivity index is 2.50. The van der Waals surface area contributed by atoms with E-state index in [4.69, 9.17) is 0 Å². The Morgan fingerprint density at radius 1 is 1.05 bits per heavy atom. The molecule has 0 aliphatic rings. The Kier molecular flexibility index (Phi) is 3.64. The first-order chi connectivity index (χ1) is 8.64. The van der Waals surface area contributed by atoms with Crippen molar-refractivity contribution in [2.75, 3.05) is 0 Å². The third-order valence-corrected chi connectivity index (χ3v) is 5.24. The summed E-state index contributed by atoms with van der Waals surface area (Å²) in [6, 6.07) is 4.24. The maximum Gasteiger partial charge on any atom is 0.143 e.